The van der Waals surface area contributed by atoms with Crippen molar-refractivity contribution >= 4 is 17.5 Å². The SMILES string of the molecule is CNC(=O)[C@H]1CN(C(=O)c2ccc(COc3ccccc3)cc2)c2ccccc2O1. The fourth-order valence-corrected chi connectivity index (χ4v) is 3.31. The predicted molar refractivity (Wildman–Crippen MR) is 114 cm³/mol. The smallest absolute Gasteiger partial charge is 0.262 e. The first-order valence-electron chi connectivity index (χ1n) is 9.71. The Bertz CT molecular complexity index is 1030. The number of anilines is 1. The van der Waals surface area contributed by atoms with E-state index in [-0.39, 0.29) is 18.4 Å². The molecule has 2 amide bonds. The molecule has 0 fully saturated rings. The highest BCUT2D eigenvalue weighted by molar-refractivity contribution is 6.07. The normalized spacial score (nSPS) is 15.0. The number of nitrogens with zero attached hydrogens (tertiary/aromatic N) is 1. The highest BCUT2D eigenvalue weighted by Crippen LogP contribution is 2.34. The third kappa shape index (κ3) is 4.12. The molecule has 0 aliphatic carbocycles. The van der Waals surface area contributed by atoms with E-state index in [0.29, 0.717) is 23.6 Å². The number of fused-ring (bicyclic) bond motifs is 1. The molecule has 0 spiro atoms. The van der Waals surface area contributed by atoms with Gasteiger partial charge in [0.25, 0.3) is 11.8 Å². The largest absolute Gasteiger partial charge is 0.489 e. The van der Waals surface area contributed by atoms with Crippen LogP contribution >= 0.6 is 0 Å². The first kappa shape index (κ1) is 19.5. The maximum absolute atomic E-state index is 13.2. The van der Waals surface area contributed by atoms with Crippen LogP contribution in [0.25, 0.3) is 0 Å². The van der Waals surface area contributed by atoms with Gasteiger partial charge in [-0.25, -0.2) is 0 Å². The van der Waals surface area contributed by atoms with Gasteiger partial charge in [-0.1, -0.05) is 42.5 Å². The van der Waals surface area contributed by atoms with Gasteiger partial charge in [0, 0.05) is 12.6 Å². The van der Waals surface area contributed by atoms with Crippen molar-refractivity contribution in [2.24, 2.45) is 0 Å². The summed E-state index contributed by atoms with van der Waals surface area (Å²) in [6.07, 6.45) is -0.757. The third-order valence-electron chi connectivity index (χ3n) is 4.91. The van der Waals surface area contributed by atoms with Gasteiger partial charge in [-0.2, -0.15) is 0 Å². The van der Waals surface area contributed by atoms with E-state index in [1.807, 2.05) is 60.7 Å². The van der Waals surface area contributed by atoms with Crippen LogP contribution in [0.2, 0.25) is 0 Å². The highest BCUT2D eigenvalue weighted by atomic mass is 16.5. The average Bonchev–Trinajstić information content (AvgIpc) is 2.82. The summed E-state index contributed by atoms with van der Waals surface area (Å²) in [7, 11) is 1.55. The molecule has 152 valence electrons. The molecule has 0 aromatic heterocycles. The molecule has 1 aliphatic rings. The molecule has 1 aliphatic heterocycles. The first-order chi connectivity index (χ1) is 14.7. The number of carbonyl (C=O) groups excluding carboxylic acids is 2. The molecular formula is C24H22N2O4. The quantitative estimate of drug-likeness (QED) is 0.710. The van der Waals surface area contributed by atoms with Gasteiger partial charge in [-0.15, -0.1) is 0 Å². The maximum atomic E-state index is 13.2. The number of rotatable bonds is 5. The number of ether oxygens (including phenoxy) is 2. The Kier molecular flexibility index (Phi) is 5.66. The Hall–Kier alpha value is -3.80. The number of likely N-dealkylation sites (N-methyl/N-ethyl adjacent to an activating group) is 1. The van der Waals surface area contributed by atoms with Crippen molar-refractivity contribution < 1.29 is 19.1 Å². The van der Waals surface area contributed by atoms with Gasteiger partial charge in [0.05, 0.1) is 12.2 Å². The van der Waals surface area contributed by atoms with E-state index in [2.05, 4.69) is 5.32 Å². The molecule has 0 saturated carbocycles. The zero-order valence-corrected chi connectivity index (χ0v) is 16.6. The van der Waals surface area contributed by atoms with Gasteiger partial charge >= 0.3 is 0 Å². The fourth-order valence-electron chi connectivity index (χ4n) is 3.31. The second-order valence-corrected chi connectivity index (χ2v) is 6.90. The second kappa shape index (κ2) is 8.69. The summed E-state index contributed by atoms with van der Waals surface area (Å²) in [6.45, 7) is 0.562. The molecule has 30 heavy (non-hydrogen) atoms. The molecule has 3 aromatic carbocycles. The van der Waals surface area contributed by atoms with E-state index >= 15 is 0 Å². The lowest BCUT2D eigenvalue weighted by Crippen LogP contribution is -2.50. The Balaban J connectivity index is 1.51. The molecule has 0 bridgehead atoms. The zero-order chi connectivity index (χ0) is 20.9. The minimum absolute atomic E-state index is 0.147. The summed E-state index contributed by atoms with van der Waals surface area (Å²) < 4.78 is 11.5. The molecule has 0 saturated heterocycles. The van der Waals surface area contributed by atoms with Crippen molar-refractivity contribution in [3.05, 3.63) is 90.0 Å². The monoisotopic (exact) mass is 402 g/mol. The Morgan fingerprint density at radius 3 is 2.43 bits per heavy atom. The number of carbonyl (C=O) groups is 2. The number of para-hydroxylation sites is 3. The lowest BCUT2D eigenvalue weighted by Gasteiger charge is -2.34. The summed E-state index contributed by atoms with van der Waals surface area (Å²) in [4.78, 5) is 26.9. The second-order valence-electron chi connectivity index (χ2n) is 6.90. The molecule has 0 unspecified atom stereocenters. The lowest BCUT2D eigenvalue weighted by atomic mass is 10.1. The van der Waals surface area contributed by atoms with Crippen LogP contribution in [0.3, 0.4) is 0 Å². The van der Waals surface area contributed by atoms with E-state index in [1.165, 1.54) is 0 Å². The summed E-state index contributed by atoms with van der Waals surface area (Å²) in [5.41, 5.74) is 2.14. The average molecular weight is 402 g/mol. The summed E-state index contributed by atoms with van der Waals surface area (Å²) in [5, 5.41) is 2.58. The van der Waals surface area contributed by atoms with Gasteiger partial charge < -0.3 is 19.7 Å². The van der Waals surface area contributed by atoms with Gasteiger partial charge in [0.2, 0.25) is 0 Å². The van der Waals surface area contributed by atoms with E-state index in [9.17, 15) is 9.59 Å². The van der Waals surface area contributed by atoms with Gasteiger partial charge in [-0.05, 0) is 42.0 Å². The number of benzene rings is 3. The highest BCUT2D eigenvalue weighted by Gasteiger charge is 2.33. The zero-order valence-electron chi connectivity index (χ0n) is 16.6. The van der Waals surface area contributed by atoms with Crippen LogP contribution in [-0.2, 0) is 11.4 Å². The fraction of sp³-hybridized carbons (Fsp3) is 0.167. The van der Waals surface area contributed by atoms with Crippen molar-refractivity contribution in [3.63, 3.8) is 0 Å². The maximum Gasteiger partial charge on any atom is 0.262 e. The number of nitrogens with one attached hydrogen (secondary N) is 1. The molecule has 0 radical (unpaired) electrons. The number of amides is 2. The van der Waals surface area contributed by atoms with Crippen molar-refractivity contribution in [2.75, 3.05) is 18.5 Å². The van der Waals surface area contributed by atoms with Crippen LogP contribution in [0.5, 0.6) is 11.5 Å². The Morgan fingerprint density at radius 1 is 1.00 bits per heavy atom. The van der Waals surface area contributed by atoms with E-state index < -0.39 is 6.10 Å². The van der Waals surface area contributed by atoms with Crippen LogP contribution in [0.15, 0.2) is 78.9 Å². The molecular weight excluding hydrogens is 380 g/mol. The van der Waals surface area contributed by atoms with E-state index in [1.54, 1.807) is 30.1 Å². The molecule has 1 N–H and O–H groups in total. The number of hydrogen-bond donors (Lipinski definition) is 1. The standard InChI is InChI=1S/C24H22N2O4/c1-25-23(27)22-15-26(20-9-5-6-10-21(20)30-22)24(28)18-13-11-17(12-14-18)16-29-19-7-3-2-4-8-19/h2-14,22H,15-16H2,1H3,(H,25,27)/t22-/m1/s1. The number of hydrogen-bond acceptors (Lipinski definition) is 4. The topological polar surface area (TPSA) is 67.9 Å². The molecule has 4 rings (SSSR count). The molecule has 1 heterocycles. The van der Waals surface area contributed by atoms with Crippen molar-refractivity contribution in [1.29, 1.82) is 0 Å². The summed E-state index contributed by atoms with van der Waals surface area (Å²) in [6, 6.07) is 24.1. The summed E-state index contributed by atoms with van der Waals surface area (Å²) in [5.74, 6) is 0.854. The van der Waals surface area contributed by atoms with E-state index in [0.717, 1.165) is 11.3 Å². The first-order valence-corrected chi connectivity index (χ1v) is 9.71. The molecule has 3 aromatic rings. The third-order valence-corrected chi connectivity index (χ3v) is 4.91. The molecule has 1 atom stereocenters. The predicted octanol–water partition coefficient (Wildman–Crippen LogP) is 3.42. The summed E-state index contributed by atoms with van der Waals surface area (Å²) >= 11 is 0. The van der Waals surface area contributed by atoms with Gasteiger partial charge in [0.1, 0.15) is 18.1 Å². The van der Waals surface area contributed by atoms with Crippen LogP contribution in [0.1, 0.15) is 15.9 Å². The Labute approximate surface area is 175 Å². The van der Waals surface area contributed by atoms with Crippen LogP contribution in [0.4, 0.5) is 5.69 Å². The van der Waals surface area contributed by atoms with Crippen molar-refractivity contribution in [2.45, 2.75) is 12.7 Å². The van der Waals surface area contributed by atoms with E-state index in [4.69, 9.17) is 9.47 Å². The van der Waals surface area contributed by atoms with Gasteiger partial charge in [-0.3, -0.25) is 9.59 Å². The van der Waals surface area contributed by atoms with Crippen LogP contribution < -0.4 is 19.7 Å². The van der Waals surface area contributed by atoms with Crippen molar-refractivity contribution in [3.8, 4) is 11.5 Å². The van der Waals surface area contributed by atoms with Gasteiger partial charge in [0.15, 0.2) is 6.10 Å². The molecule has 6 nitrogen and oxygen atoms in total. The lowest BCUT2D eigenvalue weighted by molar-refractivity contribution is -0.127. The minimum atomic E-state index is -0.757. The van der Waals surface area contributed by atoms with Crippen molar-refractivity contribution in [1.82, 2.24) is 5.32 Å². The Morgan fingerprint density at radius 2 is 1.70 bits per heavy atom. The van der Waals surface area contributed by atoms with Crippen LogP contribution in [0, 0.1) is 0 Å². The minimum Gasteiger partial charge on any atom is -0.489 e. The molecule has 6 heteroatoms. The van der Waals surface area contributed by atoms with Crippen LogP contribution in [-0.4, -0.2) is 31.5 Å².